The summed E-state index contributed by atoms with van der Waals surface area (Å²) in [5.41, 5.74) is 5.76. The third-order valence-corrected chi connectivity index (χ3v) is 2.37. The molecule has 2 N–H and O–H groups in total. The van der Waals surface area contributed by atoms with Crippen LogP contribution in [0.3, 0.4) is 0 Å². The van der Waals surface area contributed by atoms with Gasteiger partial charge in [-0.15, -0.1) is 0 Å². The topological polar surface area (TPSA) is 87.2 Å². The molecule has 1 fully saturated rings. The molecular formula is C10H11N3O3. The lowest BCUT2D eigenvalue weighted by Gasteiger charge is -1.97. The average molecular weight is 221 g/mol. The lowest BCUT2D eigenvalue weighted by molar-refractivity contribution is -0.141. The molecule has 1 saturated carbocycles. The summed E-state index contributed by atoms with van der Waals surface area (Å²) in [7, 11) is 1.34. The smallest absolute Gasteiger partial charge is 0.353 e. The highest BCUT2D eigenvalue weighted by atomic mass is 16.5. The molecule has 0 aliphatic heterocycles. The minimum atomic E-state index is -0.456. The van der Waals surface area contributed by atoms with E-state index >= 15 is 0 Å². The second-order valence-corrected chi connectivity index (χ2v) is 3.53. The van der Waals surface area contributed by atoms with Gasteiger partial charge in [0.05, 0.1) is 13.0 Å². The molecule has 0 bridgehead atoms. The molecule has 84 valence electrons. The number of nitrogens with zero attached hydrogens (tertiary/aromatic N) is 2. The molecule has 1 unspecified atom stereocenters. The number of carbonyl (C=O) groups is 1. The van der Waals surface area contributed by atoms with Crippen molar-refractivity contribution in [3.05, 3.63) is 28.3 Å². The zero-order valence-electron chi connectivity index (χ0n) is 8.71. The molecule has 1 aromatic rings. The van der Waals surface area contributed by atoms with Crippen LogP contribution >= 0.6 is 0 Å². The lowest BCUT2D eigenvalue weighted by Crippen LogP contribution is -2.19. The Morgan fingerprint density at radius 1 is 1.75 bits per heavy atom. The van der Waals surface area contributed by atoms with Crippen molar-refractivity contribution in [2.45, 2.75) is 6.42 Å². The van der Waals surface area contributed by atoms with Gasteiger partial charge < -0.3 is 10.5 Å². The zero-order valence-corrected chi connectivity index (χ0v) is 8.71. The van der Waals surface area contributed by atoms with Gasteiger partial charge in [0, 0.05) is 12.4 Å². The van der Waals surface area contributed by atoms with E-state index in [4.69, 9.17) is 5.73 Å². The molecular weight excluding hydrogens is 210 g/mol. The van der Waals surface area contributed by atoms with Crippen LogP contribution in [0.2, 0.25) is 0 Å². The van der Waals surface area contributed by atoms with Gasteiger partial charge in [0.25, 0.3) is 0 Å². The number of ether oxygens (including phenoxy) is 1. The molecule has 6 heteroatoms. The van der Waals surface area contributed by atoms with Gasteiger partial charge in [0.1, 0.15) is 5.82 Å². The molecule has 0 amide bonds. The molecule has 1 aromatic heterocycles. The van der Waals surface area contributed by atoms with E-state index in [-0.39, 0.29) is 17.7 Å². The molecule has 0 aromatic carbocycles. The minimum Gasteiger partial charge on any atom is -0.469 e. The van der Waals surface area contributed by atoms with Crippen LogP contribution in [0, 0.1) is 5.92 Å². The molecule has 2 rings (SSSR count). The molecule has 0 saturated heterocycles. The van der Waals surface area contributed by atoms with E-state index in [1.165, 1.54) is 23.9 Å². The Balaban J connectivity index is 2.20. The number of esters is 1. The average Bonchev–Trinajstić information content (AvgIpc) is 3.00. The molecule has 1 aliphatic carbocycles. The maximum atomic E-state index is 11.4. The van der Waals surface area contributed by atoms with Crippen molar-refractivity contribution >= 4 is 18.0 Å². The van der Waals surface area contributed by atoms with Gasteiger partial charge in [-0.2, -0.15) is 4.98 Å². The number of nitrogen functional groups attached to an aromatic ring is 1. The lowest BCUT2D eigenvalue weighted by atomic mass is 10.4. The Morgan fingerprint density at radius 3 is 3.12 bits per heavy atom. The minimum absolute atomic E-state index is 0.181. The summed E-state index contributed by atoms with van der Waals surface area (Å²) >= 11 is 0. The monoisotopic (exact) mass is 221 g/mol. The number of nitrogens with two attached hydrogens (primary N) is 1. The van der Waals surface area contributed by atoms with Gasteiger partial charge in [-0.1, -0.05) is 0 Å². The van der Waals surface area contributed by atoms with Crippen LogP contribution in [-0.4, -0.2) is 22.6 Å². The van der Waals surface area contributed by atoms with E-state index in [2.05, 4.69) is 9.72 Å². The summed E-state index contributed by atoms with van der Waals surface area (Å²) in [5.74, 6) is -0.308. The van der Waals surface area contributed by atoms with Crippen molar-refractivity contribution in [1.82, 2.24) is 9.55 Å². The Labute approximate surface area is 91.4 Å². The van der Waals surface area contributed by atoms with Crippen LogP contribution in [-0.2, 0) is 9.53 Å². The highest BCUT2D eigenvalue weighted by molar-refractivity contribution is 5.82. The first-order valence-corrected chi connectivity index (χ1v) is 4.75. The fraction of sp³-hybridized carbons (Fsp3) is 0.300. The number of carbonyl (C=O) groups excluding carboxylic acids is 1. The Morgan fingerprint density at radius 2 is 2.50 bits per heavy atom. The fourth-order valence-electron chi connectivity index (χ4n) is 1.40. The summed E-state index contributed by atoms with van der Waals surface area (Å²) in [6.45, 7) is 0. The van der Waals surface area contributed by atoms with Gasteiger partial charge in [-0.3, -0.25) is 9.36 Å². The zero-order chi connectivity index (χ0) is 11.7. The van der Waals surface area contributed by atoms with E-state index < -0.39 is 5.69 Å². The van der Waals surface area contributed by atoms with Crippen molar-refractivity contribution in [1.29, 1.82) is 0 Å². The molecule has 1 atom stereocenters. The van der Waals surface area contributed by atoms with Crippen LogP contribution in [0.5, 0.6) is 0 Å². The second-order valence-electron chi connectivity index (χ2n) is 3.53. The number of methoxy groups -OCH3 is 1. The number of aromatic nitrogens is 2. The molecule has 0 radical (unpaired) electrons. The van der Waals surface area contributed by atoms with E-state index in [9.17, 15) is 9.59 Å². The van der Waals surface area contributed by atoms with E-state index in [1.54, 1.807) is 6.20 Å². The van der Waals surface area contributed by atoms with Crippen molar-refractivity contribution in [3.63, 3.8) is 0 Å². The normalized spacial score (nSPS) is 20.8. The molecule has 6 nitrogen and oxygen atoms in total. The highest BCUT2D eigenvalue weighted by Crippen LogP contribution is 2.38. The predicted octanol–water partition coefficient (Wildman–Crippen LogP) is -0.141. The third-order valence-electron chi connectivity index (χ3n) is 2.37. The predicted molar refractivity (Wildman–Crippen MR) is 57.3 cm³/mol. The summed E-state index contributed by atoms with van der Waals surface area (Å²) < 4.78 is 5.89. The highest BCUT2D eigenvalue weighted by Gasteiger charge is 2.37. The first-order valence-electron chi connectivity index (χ1n) is 4.75. The number of anilines is 1. The number of hydrogen-bond donors (Lipinski definition) is 1. The van der Waals surface area contributed by atoms with Crippen molar-refractivity contribution in [2.75, 3.05) is 12.8 Å². The maximum Gasteiger partial charge on any atom is 0.353 e. The third kappa shape index (κ3) is 1.95. The molecule has 1 heterocycles. The van der Waals surface area contributed by atoms with Crippen molar-refractivity contribution in [3.8, 4) is 0 Å². The van der Waals surface area contributed by atoms with E-state index in [0.29, 0.717) is 6.42 Å². The summed E-state index contributed by atoms with van der Waals surface area (Å²) in [6.07, 6.45) is 3.74. The summed E-state index contributed by atoms with van der Waals surface area (Å²) in [5, 5.41) is 0. The standard InChI is InChI=1S/C10H11N3O3/c1-16-9(14)7-4-6(7)5-13-3-2-8(11)12-10(13)15/h2-3,5,7H,4H2,1H3,(H2,11,12,15). The fourth-order valence-corrected chi connectivity index (χ4v) is 1.40. The van der Waals surface area contributed by atoms with E-state index in [0.717, 1.165) is 5.57 Å². The van der Waals surface area contributed by atoms with Crippen LogP contribution in [0.15, 0.2) is 22.6 Å². The van der Waals surface area contributed by atoms with Gasteiger partial charge >= 0.3 is 11.7 Å². The first kappa shape index (κ1) is 10.4. The SMILES string of the molecule is COC(=O)C1CC1=Cn1ccc(N)nc1=O. The number of rotatable bonds is 2. The Hall–Kier alpha value is -2.11. The van der Waals surface area contributed by atoms with Gasteiger partial charge in [-0.05, 0) is 18.1 Å². The first-order chi connectivity index (χ1) is 7.61. The Kier molecular flexibility index (Phi) is 2.47. The van der Waals surface area contributed by atoms with Gasteiger partial charge in [0.2, 0.25) is 0 Å². The second kappa shape index (κ2) is 3.80. The van der Waals surface area contributed by atoms with Crippen LogP contribution in [0.4, 0.5) is 5.82 Å². The van der Waals surface area contributed by atoms with Crippen molar-refractivity contribution < 1.29 is 9.53 Å². The molecule has 16 heavy (non-hydrogen) atoms. The Bertz CT molecular complexity index is 518. The molecule has 1 aliphatic rings. The van der Waals surface area contributed by atoms with Crippen LogP contribution in [0.1, 0.15) is 6.42 Å². The van der Waals surface area contributed by atoms with Gasteiger partial charge in [0.15, 0.2) is 0 Å². The molecule has 0 spiro atoms. The van der Waals surface area contributed by atoms with Crippen molar-refractivity contribution in [2.24, 2.45) is 5.92 Å². The quantitative estimate of drug-likeness (QED) is 0.702. The number of hydrogen-bond acceptors (Lipinski definition) is 5. The largest absolute Gasteiger partial charge is 0.469 e. The van der Waals surface area contributed by atoms with Crippen LogP contribution in [0.25, 0.3) is 6.20 Å². The van der Waals surface area contributed by atoms with Crippen LogP contribution < -0.4 is 11.4 Å². The summed E-state index contributed by atoms with van der Waals surface area (Å²) in [6, 6.07) is 1.52. The maximum absolute atomic E-state index is 11.4. The van der Waals surface area contributed by atoms with Gasteiger partial charge in [-0.25, -0.2) is 4.79 Å². The summed E-state index contributed by atoms with van der Waals surface area (Å²) in [4.78, 5) is 26.1. The van der Waals surface area contributed by atoms with E-state index in [1.807, 2.05) is 0 Å².